The van der Waals surface area contributed by atoms with Crippen molar-refractivity contribution in [2.75, 3.05) is 45.0 Å². The second-order valence-corrected chi connectivity index (χ2v) is 7.22. The summed E-state index contributed by atoms with van der Waals surface area (Å²) in [7, 11) is 0. The average Bonchev–Trinajstić information content (AvgIpc) is 3.05. The van der Waals surface area contributed by atoms with E-state index in [1.807, 2.05) is 4.90 Å². The van der Waals surface area contributed by atoms with E-state index in [0.717, 1.165) is 45.7 Å². The van der Waals surface area contributed by atoms with Crippen molar-refractivity contribution in [1.29, 1.82) is 0 Å². The molecule has 0 bridgehead atoms. The van der Waals surface area contributed by atoms with Crippen LogP contribution in [0.25, 0.3) is 0 Å². The smallest absolute Gasteiger partial charge is 0.232 e. The van der Waals surface area contributed by atoms with Crippen LogP contribution in [-0.2, 0) is 4.79 Å². The third-order valence-corrected chi connectivity index (χ3v) is 5.56. The van der Waals surface area contributed by atoms with Gasteiger partial charge in [0.2, 0.25) is 5.91 Å². The average molecular weight is 356 g/mol. The van der Waals surface area contributed by atoms with Crippen LogP contribution in [0.4, 0.5) is 0 Å². The molecule has 2 aliphatic heterocycles. The largest absolute Gasteiger partial charge is 0.340 e. The molecule has 2 heterocycles. The van der Waals surface area contributed by atoms with E-state index >= 15 is 0 Å². The molecule has 128 valence electrons. The first-order valence-electron chi connectivity index (χ1n) is 8.14. The Bertz CT molecular complexity index is 505. The first-order valence-corrected chi connectivity index (χ1v) is 9.13. The van der Waals surface area contributed by atoms with E-state index in [0.29, 0.717) is 11.8 Å². The number of thioether (sulfide) groups is 1. The van der Waals surface area contributed by atoms with Gasteiger partial charge in [-0.1, -0.05) is 17.7 Å². The van der Waals surface area contributed by atoms with E-state index < -0.39 is 0 Å². The Morgan fingerprint density at radius 2 is 1.91 bits per heavy atom. The standard InChI is InChI=1S/C17H25N3OS.ClH/c1-14-2-4-16(5-3-14)22-13-17(21)20-9-6-15(12-20)19-10-7-18-8-11-19;/h2-5,15,18H,6-13H2,1H3;1H. The van der Waals surface area contributed by atoms with E-state index in [1.165, 1.54) is 10.5 Å². The predicted octanol–water partition coefficient (Wildman–Crippen LogP) is 2.02. The Hall–Kier alpha value is -0.750. The van der Waals surface area contributed by atoms with Gasteiger partial charge in [-0.15, -0.1) is 24.2 Å². The lowest BCUT2D eigenvalue weighted by Crippen LogP contribution is -2.49. The lowest BCUT2D eigenvalue weighted by Gasteiger charge is -2.32. The molecule has 0 spiro atoms. The maximum atomic E-state index is 12.4. The Kier molecular flexibility index (Phi) is 7.21. The maximum absolute atomic E-state index is 12.4. The summed E-state index contributed by atoms with van der Waals surface area (Å²) in [6.07, 6.45) is 1.13. The maximum Gasteiger partial charge on any atom is 0.232 e. The van der Waals surface area contributed by atoms with Crippen LogP contribution in [0.15, 0.2) is 29.2 Å². The molecule has 1 amide bonds. The fraction of sp³-hybridized carbons (Fsp3) is 0.588. The Balaban J connectivity index is 0.00000192. The summed E-state index contributed by atoms with van der Waals surface area (Å²) in [5.74, 6) is 0.834. The molecule has 0 radical (unpaired) electrons. The summed E-state index contributed by atoms with van der Waals surface area (Å²) in [6.45, 7) is 8.30. The summed E-state index contributed by atoms with van der Waals surface area (Å²) in [6, 6.07) is 8.96. The van der Waals surface area contributed by atoms with Crippen LogP contribution < -0.4 is 5.32 Å². The van der Waals surface area contributed by atoms with Crippen LogP contribution in [0.2, 0.25) is 0 Å². The summed E-state index contributed by atoms with van der Waals surface area (Å²) in [4.78, 5) is 18.2. The molecule has 1 N–H and O–H groups in total. The van der Waals surface area contributed by atoms with E-state index in [2.05, 4.69) is 41.4 Å². The molecule has 2 saturated heterocycles. The highest BCUT2D eigenvalue weighted by Crippen LogP contribution is 2.21. The molecule has 1 aromatic carbocycles. The van der Waals surface area contributed by atoms with Crippen molar-refractivity contribution in [2.45, 2.75) is 24.3 Å². The van der Waals surface area contributed by atoms with Crippen molar-refractivity contribution >= 4 is 30.1 Å². The molecule has 1 atom stereocenters. The first-order chi connectivity index (χ1) is 10.7. The van der Waals surface area contributed by atoms with Crippen molar-refractivity contribution < 1.29 is 4.79 Å². The molecule has 1 unspecified atom stereocenters. The van der Waals surface area contributed by atoms with E-state index in [1.54, 1.807) is 11.8 Å². The molecular formula is C17H26ClN3OS. The topological polar surface area (TPSA) is 35.6 Å². The minimum absolute atomic E-state index is 0. The van der Waals surface area contributed by atoms with Gasteiger partial charge in [0.1, 0.15) is 0 Å². The molecule has 0 saturated carbocycles. The highest BCUT2D eigenvalue weighted by atomic mass is 35.5. The van der Waals surface area contributed by atoms with Gasteiger partial charge in [0.25, 0.3) is 0 Å². The van der Waals surface area contributed by atoms with Crippen molar-refractivity contribution in [3.05, 3.63) is 29.8 Å². The van der Waals surface area contributed by atoms with Gasteiger partial charge in [-0.2, -0.15) is 0 Å². The molecule has 3 rings (SSSR count). The lowest BCUT2D eigenvalue weighted by molar-refractivity contribution is -0.127. The number of piperazine rings is 1. The minimum atomic E-state index is 0. The minimum Gasteiger partial charge on any atom is -0.340 e. The van der Waals surface area contributed by atoms with Gasteiger partial charge in [0.15, 0.2) is 0 Å². The van der Waals surface area contributed by atoms with Gasteiger partial charge < -0.3 is 10.2 Å². The number of halogens is 1. The van der Waals surface area contributed by atoms with Crippen LogP contribution in [0.1, 0.15) is 12.0 Å². The number of amides is 1. The van der Waals surface area contributed by atoms with Crippen molar-refractivity contribution in [3.8, 4) is 0 Å². The number of likely N-dealkylation sites (tertiary alicyclic amines) is 1. The number of benzene rings is 1. The number of rotatable bonds is 4. The second kappa shape index (κ2) is 8.92. The SMILES string of the molecule is Cc1ccc(SCC(=O)N2CCC(N3CCNCC3)C2)cc1.Cl. The predicted molar refractivity (Wildman–Crippen MR) is 98.6 cm³/mol. The number of aryl methyl sites for hydroxylation is 1. The highest BCUT2D eigenvalue weighted by Gasteiger charge is 2.30. The first kappa shape index (κ1) is 18.6. The lowest BCUT2D eigenvalue weighted by atomic mass is 10.2. The Morgan fingerprint density at radius 3 is 2.61 bits per heavy atom. The number of nitrogens with zero attached hydrogens (tertiary/aromatic N) is 2. The molecule has 0 aliphatic carbocycles. The van der Waals surface area contributed by atoms with Crippen LogP contribution in [0, 0.1) is 6.92 Å². The fourth-order valence-corrected chi connectivity index (χ4v) is 3.99. The van der Waals surface area contributed by atoms with Crippen LogP contribution >= 0.6 is 24.2 Å². The summed E-state index contributed by atoms with van der Waals surface area (Å²) < 4.78 is 0. The van der Waals surface area contributed by atoms with Gasteiger partial charge in [-0.3, -0.25) is 9.69 Å². The quantitative estimate of drug-likeness (QED) is 0.838. The van der Waals surface area contributed by atoms with Crippen LogP contribution in [-0.4, -0.2) is 66.8 Å². The monoisotopic (exact) mass is 355 g/mol. The number of hydrogen-bond donors (Lipinski definition) is 1. The molecule has 2 aliphatic rings. The number of nitrogens with one attached hydrogen (secondary N) is 1. The third-order valence-electron chi connectivity index (χ3n) is 4.57. The second-order valence-electron chi connectivity index (χ2n) is 6.17. The summed E-state index contributed by atoms with van der Waals surface area (Å²) >= 11 is 1.65. The number of carbonyl (C=O) groups excluding carboxylic acids is 1. The van der Waals surface area contributed by atoms with Crippen molar-refractivity contribution in [3.63, 3.8) is 0 Å². The molecule has 0 aromatic heterocycles. The summed E-state index contributed by atoms with van der Waals surface area (Å²) in [5, 5.41) is 3.39. The van der Waals surface area contributed by atoms with E-state index in [9.17, 15) is 4.79 Å². The van der Waals surface area contributed by atoms with Crippen LogP contribution in [0.5, 0.6) is 0 Å². The molecule has 6 heteroatoms. The van der Waals surface area contributed by atoms with E-state index in [4.69, 9.17) is 0 Å². The molecule has 4 nitrogen and oxygen atoms in total. The molecule has 1 aromatic rings. The van der Waals surface area contributed by atoms with E-state index in [-0.39, 0.29) is 18.3 Å². The number of hydrogen-bond acceptors (Lipinski definition) is 4. The fourth-order valence-electron chi connectivity index (χ4n) is 3.18. The Morgan fingerprint density at radius 1 is 1.22 bits per heavy atom. The molecule has 23 heavy (non-hydrogen) atoms. The zero-order valence-electron chi connectivity index (χ0n) is 13.7. The molecular weight excluding hydrogens is 330 g/mol. The van der Waals surface area contributed by atoms with Crippen LogP contribution in [0.3, 0.4) is 0 Å². The number of carbonyl (C=O) groups is 1. The zero-order valence-corrected chi connectivity index (χ0v) is 15.3. The zero-order chi connectivity index (χ0) is 15.4. The third kappa shape index (κ3) is 5.11. The van der Waals surface area contributed by atoms with Gasteiger partial charge in [0.05, 0.1) is 5.75 Å². The van der Waals surface area contributed by atoms with Gasteiger partial charge in [0, 0.05) is 50.2 Å². The Labute approximate surface area is 149 Å². The normalized spacial score (nSPS) is 22.0. The van der Waals surface area contributed by atoms with Crippen molar-refractivity contribution in [1.82, 2.24) is 15.1 Å². The van der Waals surface area contributed by atoms with Gasteiger partial charge in [-0.25, -0.2) is 0 Å². The molecule has 2 fully saturated rings. The van der Waals surface area contributed by atoms with Gasteiger partial charge >= 0.3 is 0 Å². The van der Waals surface area contributed by atoms with Crippen molar-refractivity contribution in [2.24, 2.45) is 0 Å². The highest BCUT2D eigenvalue weighted by molar-refractivity contribution is 8.00. The van der Waals surface area contributed by atoms with Gasteiger partial charge in [-0.05, 0) is 25.5 Å². The summed E-state index contributed by atoms with van der Waals surface area (Å²) in [5.41, 5.74) is 1.26.